The van der Waals surface area contributed by atoms with Gasteiger partial charge in [0.15, 0.2) is 0 Å². The smallest absolute Gasteiger partial charge is 0.220 e. The Morgan fingerprint density at radius 3 is 2.71 bits per heavy atom. The van der Waals surface area contributed by atoms with E-state index in [1.165, 1.54) is 32.1 Å². The molecule has 0 aromatic carbocycles. The Kier molecular flexibility index (Phi) is 5.45. The maximum Gasteiger partial charge on any atom is 0.220 e. The molecule has 1 aliphatic rings. The van der Waals surface area contributed by atoms with Crippen LogP contribution in [0.5, 0.6) is 0 Å². The molecule has 1 saturated carbocycles. The van der Waals surface area contributed by atoms with Crippen molar-refractivity contribution in [1.29, 1.82) is 0 Å². The number of furan rings is 1. The third kappa shape index (κ3) is 4.88. The van der Waals surface area contributed by atoms with E-state index in [4.69, 9.17) is 4.42 Å². The third-order valence-corrected chi connectivity index (χ3v) is 4.41. The van der Waals surface area contributed by atoms with Crippen molar-refractivity contribution in [2.75, 3.05) is 6.54 Å². The molecule has 2 rings (SSSR count). The zero-order chi connectivity index (χ0) is 15.3. The van der Waals surface area contributed by atoms with Crippen LogP contribution in [0.3, 0.4) is 0 Å². The van der Waals surface area contributed by atoms with Gasteiger partial charge in [-0.05, 0) is 38.3 Å². The normalized spacial score (nSPS) is 19.2. The summed E-state index contributed by atoms with van der Waals surface area (Å²) in [4.78, 5) is 11.9. The number of aryl methyl sites for hydroxylation is 1. The van der Waals surface area contributed by atoms with Crippen LogP contribution in [0.1, 0.15) is 63.4 Å². The van der Waals surface area contributed by atoms with Crippen LogP contribution in [0, 0.1) is 12.8 Å². The lowest BCUT2D eigenvalue weighted by Crippen LogP contribution is -2.38. The maximum absolute atomic E-state index is 11.9. The van der Waals surface area contributed by atoms with Crippen molar-refractivity contribution in [2.24, 2.45) is 5.92 Å². The number of carbonyl (C=O) groups excluding carboxylic acids is 1. The molecule has 0 bridgehead atoms. The van der Waals surface area contributed by atoms with Gasteiger partial charge >= 0.3 is 0 Å². The lowest BCUT2D eigenvalue weighted by Gasteiger charge is -2.23. The summed E-state index contributed by atoms with van der Waals surface area (Å²) in [6.45, 7) is 3.68. The molecule has 1 amide bonds. The van der Waals surface area contributed by atoms with Gasteiger partial charge < -0.3 is 14.8 Å². The summed E-state index contributed by atoms with van der Waals surface area (Å²) in [5.74, 6) is 1.98. The minimum Gasteiger partial charge on any atom is -0.463 e. The van der Waals surface area contributed by atoms with Crippen molar-refractivity contribution in [3.8, 4) is 0 Å². The number of hydrogen-bond acceptors (Lipinski definition) is 3. The van der Waals surface area contributed by atoms with E-state index < -0.39 is 5.60 Å². The monoisotopic (exact) mass is 293 g/mol. The highest BCUT2D eigenvalue weighted by Crippen LogP contribution is 2.27. The number of aliphatic hydroxyl groups is 1. The van der Waals surface area contributed by atoms with Crippen LogP contribution in [0.25, 0.3) is 0 Å². The van der Waals surface area contributed by atoms with Crippen LogP contribution >= 0.6 is 0 Å². The molecule has 1 aromatic heterocycles. The number of carbonyl (C=O) groups is 1. The Hall–Kier alpha value is -1.29. The summed E-state index contributed by atoms with van der Waals surface area (Å²) >= 11 is 0. The number of rotatable bonds is 6. The van der Waals surface area contributed by atoms with Gasteiger partial charge in [-0.25, -0.2) is 0 Å². The molecule has 0 spiro atoms. The summed E-state index contributed by atoms with van der Waals surface area (Å²) in [5, 5.41) is 13.2. The average Bonchev–Trinajstić information content (AvgIpc) is 2.92. The van der Waals surface area contributed by atoms with Crippen LogP contribution in [0.2, 0.25) is 0 Å². The molecule has 4 heteroatoms. The Labute approximate surface area is 126 Å². The fraction of sp³-hybridized carbons (Fsp3) is 0.706. The van der Waals surface area contributed by atoms with E-state index in [0.717, 1.165) is 12.2 Å². The minimum atomic E-state index is -1.16. The summed E-state index contributed by atoms with van der Waals surface area (Å²) in [6.07, 6.45) is 7.99. The Morgan fingerprint density at radius 1 is 1.38 bits per heavy atom. The van der Waals surface area contributed by atoms with Crippen molar-refractivity contribution >= 4 is 5.91 Å². The molecular formula is C17H27NO3. The predicted molar refractivity (Wildman–Crippen MR) is 81.8 cm³/mol. The highest BCUT2D eigenvalue weighted by atomic mass is 16.4. The molecule has 1 unspecified atom stereocenters. The molecule has 1 fully saturated rings. The molecule has 118 valence electrons. The van der Waals surface area contributed by atoms with Crippen LogP contribution < -0.4 is 5.32 Å². The lowest BCUT2D eigenvalue weighted by molar-refractivity contribution is -0.122. The van der Waals surface area contributed by atoms with Gasteiger partial charge in [0.25, 0.3) is 0 Å². The first-order valence-electron chi connectivity index (χ1n) is 8.03. The summed E-state index contributed by atoms with van der Waals surface area (Å²) in [6, 6.07) is 3.57. The van der Waals surface area contributed by atoms with Gasteiger partial charge in [-0.2, -0.15) is 0 Å². The second-order valence-electron chi connectivity index (χ2n) is 6.50. The second kappa shape index (κ2) is 7.12. The summed E-state index contributed by atoms with van der Waals surface area (Å²) < 4.78 is 5.43. The van der Waals surface area contributed by atoms with Crippen LogP contribution in [-0.2, 0) is 10.4 Å². The molecule has 1 atom stereocenters. The SMILES string of the molecule is Cc1ccc(C(C)(O)CNC(=O)CCC2CCCCC2)o1. The molecule has 1 aromatic rings. The van der Waals surface area contributed by atoms with Gasteiger partial charge in [-0.15, -0.1) is 0 Å². The highest BCUT2D eigenvalue weighted by Gasteiger charge is 2.27. The van der Waals surface area contributed by atoms with Crippen molar-refractivity contribution in [3.05, 3.63) is 23.7 Å². The van der Waals surface area contributed by atoms with Crippen molar-refractivity contribution in [2.45, 2.75) is 64.4 Å². The molecule has 0 saturated heterocycles. The van der Waals surface area contributed by atoms with Gasteiger partial charge in [0.1, 0.15) is 17.1 Å². The Bertz CT molecular complexity index is 458. The molecule has 4 nitrogen and oxygen atoms in total. The van der Waals surface area contributed by atoms with Gasteiger partial charge in [-0.1, -0.05) is 32.1 Å². The molecule has 0 aliphatic heterocycles. The molecule has 0 radical (unpaired) electrons. The van der Waals surface area contributed by atoms with Gasteiger partial charge in [-0.3, -0.25) is 4.79 Å². The van der Waals surface area contributed by atoms with E-state index >= 15 is 0 Å². The zero-order valence-corrected chi connectivity index (χ0v) is 13.2. The fourth-order valence-electron chi connectivity index (χ4n) is 2.98. The Balaban J connectivity index is 1.72. The van der Waals surface area contributed by atoms with E-state index in [0.29, 0.717) is 18.1 Å². The number of hydrogen-bond donors (Lipinski definition) is 2. The predicted octanol–water partition coefficient (Wildman–Crippen LogP) is 3.27. The van der Waals surface area contributed by atoms with Gasteiger partial charge in [0, 0.05) is 6.42 Å². The first-order chi connectivity index (χ1) is 9.97. The maximum atomic E-state index is 11.9. The van der Waals surface area contributed by atoms with Crippen molar-refractivity contribution in [1.82, 2.24) is 5.32 Å². The number of amides is 1. The molecule has 1 heterocycles. The van der Waals surface area contributed by atoms with Gasteiger partial charge in [0.2, 0.25) is 5.91 Å². The standard InChI is InChI=1S/C17H27NO3/c1-13-8-10-15(21-13)17(2,20)12-18-16(19)11-9-14-6-4-3-5-7-14/h8,10,14,20H,3-7,9,11-12H2,1-2H3,(H,18,19). The average molecular weight is 293 g/mol. The zero-order valence-electron chi connectivity index (χ0n) is 13.2. The van der Waals surface area contributed by atoms with E-state index in [1.807, 2.05) is 13.0 Å². The molecular weight excluding hydrogens is 266 g/mol. The topological polar surface area (TPSA) is 62.5 Å². The van der Waals surface area contributed by atoms with E-state index in [1.54, 1.807) is 13.0 Å². The lowest BCUT2D eigenvalue weighted by atomic mass is 9.86. The summed E-state index contributed by atoms with van der Waals surface area (Å²) in [7, 11) is 0. The van der Waals surface area contributed by atoms with E-state index in [-0.39, 0.29) is 12.5 Å². The fourth-order valence-corrected chi connectivity index (χ4v) is 2.98. The van der Waals surface area contributed by atoms with Crippen molar-refractivity contribution in [3.63, 3.8) is 0 Å². The first-order valence-corrected chi connectivity index (χ1v) is 8.03. The van der Waals surface area contributed by atoms with Crippen LogP contribution in [-0.4, -0.2) is 17.6 Å². The quantitative estimate of drug-likeness (QED) is 0.846. The first kappa shape index (κ1) is 16.1. The summed E-state index contributed by atoms with van der Waals surface area (Å²) in [5.41, 5.74) is -1.16. The molecule has 2 N–H and O–H groups in total. The van der Waals surface area contributed by atoms with Crippen molar-refractivity contribution < 1.29 is 14.3 Å². The van der Waals surface area contributed by atoms with E-state index in [9.17, 15) is 9.90 Å². The van der Waals surface area contributed by atoms with Crippen LogP contribution in [0.15, 0.2) is 16.5 Å². The van der Waals surface area contributed by atoms with Crippen LogP contribution in [0.4, 0.5) is 0 Å². The highest BCUT2D eigenvalue weighted by molar-refractivity contribution is 5.75. The van der Waals surface area contributed by atoms with E-state index in [2.05, 4.69) is 5.32 Å². The second-order valence-corrected chi connectivity index (χ2v) is 6.50. The van der Waals surface area contributed by atoms with Gasteiger partial charge in [0.05, 0.1) is 6.54 Å². The minimum absolute atomic E-state index is 0.0177. The Morgan fingerprint density at radius 2 is 2.10 bits per heavy atom. The number of nitrogens with one attached hydrogen (secondary N) is 1. The molecule has 1 aliphatic carbocycles. The molecule has 21 heavy (non-hydrogen) atoms. The third-order valence-electron chi connectivity index (χ3n) is 4.41. The largest absolute Gasteiger partial charge is 0.463 e.